The molecule has 2 aromatic rings. The van der Waals surface area contributed by atoms with Crippen molar-refractivity contribution in [2.75, 3.05) is 19.8 Å². The molecule has 1 heterocycles. The standard InChI is InChI=1S/C19H26FN5OS/c1-13(24(2)3)18-22-23-19(25(18)16-10-8-14(20)9-11-16)27-12-17(26)21-15-6-4-5-7-15/h8-11,13,15H,4-7,12H2,1-3H3,(H,21,26)/p+1/t13-/m1/s1. The Balaban J connectivity index is 1.79. The smallest absolute Gasteiger partial charge is 0.230 e. The van der Waals surface area contributed by atoms with Crippen molar-refractivity contribution in [2.45, 2.75) is 49.8 Å². The lowest BCUT2D eigenvalue weighted by Gasteiger charge is -2.18. The summed E-state index contributed by atoms with van der Waals surface area (Å²) in [5.74, 6) is 0.817. The second kappa shape index (κ2) is 8.84. The zero-order valence-corrected chi connectivity index (χ0v) is 16.9. The summed E-state index contributed by atoms with van der Waals surface area (Å²) in [7, 11) is 4.10. The van der Waals surface area contributed by atoms with Gasteiger partial charge in [-0.2, -0.15) is 0 Å². The molecule has 1 aliphatic carbocycles. The van der Waals surface area contributed by atoms with E-state index in [9.17, 15) is 9.18 Å². The highest BCUT2D eigenvalue weighted by Crippen LogP contribution is 2.25. The molecule has 0 saturated heterocycles. The maximum Gasteiger partial charge on any atom is 0.230 e. The van der Waals surface area contributed by atoms with E-state index in [1.54, 1.807) is 12.1 Å². The molecule has 1 aliphatic rings. The lowest BCUT2D eigenvalue weighted by molar-refractivity contribution is -0.890. The maximum atomic E-state index is 13.4. The predicted molar refractivity (Wildman–Crippen MR) is 104 cm³/mol. The minimum absolute atomic E-state index is 0.0217. The molecule has 0 spiro atoms. The third-order valence-corrected chi connectivity index (χ3v) is 5.98. The third-order valence-electron chi connectivity index (χ3n) is 5.05. The van der Waals surface area contributed by atoms with Gasteiger partial charge in [0.2, 0.25) is 5.91 Å². The van der Waals surface area contributed by atoms with Crippen LogP contribution >= 0.6 is 11.8 Å². The van der Waals surface area contributed by atoms with Crippen LogP contribution in [0.3, 0.4) is 0 Å². The van der Waals surface area contributed by atoms with Crippen molar-refractivity contribution in [3.8, 4) is 5.69 Å². The van der Waals surface area contributed by atoms with Crippen molar-refractivity contribution >= 4 is 17.7 Å². The van der Waals surface area contributed by atoms with Crippen molar-refractivity contribution in [1.29, 1.82) is 0 Å². The topological polar surface area (TPSA) is 64.2 Å². The van der Waals surface area contributed by atoms with Crippen LogP contribution in [-0.4, -0.2) is 46.6 Å². The van der Waals surface area contributed by atoms with Gasteiger partial charge < -0.3 is 10.2 Å². The van der Waals surface area contributed by atoms with Gasteiger partial charge >= 0.3 is 0 Å². The molecule has 0 unspecified atom stereocenters. The van der Waals surface area contributed by atoms with Gasteiger partial charge in [0.05, 0.1) is 19.8 Å². The van der Waals surface area contributed by atoms with Crippen LogP contribution in [-0.2, 0) is 4.79 Å². The summed E-state index contributed by atoms with van der Waals surface area (Å²) in [6, 6.07) is 6.68. The highest BCUT2D eigenvalue weighted by molar-refractivity contribution is 7.99. The van der Waals surface area contributed by atoms with Crippen LogP contribution in [0.5, 0.6) is 0 Å². The van der Waals surface area contributed by atoms with E-state index in [4.69, 9.17) is 0 Å². The summed E-state index contributed by atoms with van der Waals surface area (Å²) in [6.07, 6.45) is 4.50. The summed E-state index contributed by atoms with van der Waals surface area (Å²) in [5, 5.41) is 12.4. The van der Waals surface area contributed by atoms with E-state index >= 15 is 0 Å². The average Bonchev–Trinajstić information content (AvgIpc) is 3.29. The molecular formula is C19H27FN5OS+. The molecule has 1 amide bonds. The SMILES string of the molecule is C[C@H](c1nnc(SCC(=O)NC2CCCC2)n1-c1ccc(F)cc1)[NH+](C)C. The van der Waals surface area contributed by atoms with Crippen molar-refractivity contribution in [3.63, 3.8) is 0 Å². The molecule has 146 valence electrons. The monoisotopic (exact) mass is 392 g/mol. The molecule has 6 nitrogen and oxygen atoms in total. The Hall–Kier alpha value is -1.93. The van der Waals surface area contributed by atoms with Crippen LogP contribution in [0.25, 0.3) is 5.69 Å². The number of nitrogens with zero attached hydrogens (tertiary/aromatic N) is 3. The van der Waals surface area contributed by atoms with Crippen LogP contribution in [0.15, 0.2) is 29.4 Å². The Labute approximate surface area is 163 Å². The Morgan fingerprint density at radius 1 is 1.30 bits per heavy atom. The maximum absolute atomic E-state index is 13.4. The molecule has 1 fully saturated rings. The highest BCUT2D eigenvalue weighted by atomic mass is 32.2. The Kier molecular flexibility index (Phi) is 6.49. The number of rotatable bonds is 7. The Morgan fingerprint density at radius 3 is 2.59 bits per heavy atom. The van der Waals surface area contributed by atoms with E-state index in [-0.39, 0.29) is 17.8 Å². The fourth-order valence-corrected chi connectivity index (χ4v) is 3.99. The molecular weight excluding hydrogens is 365 g/mol. The Bertz CT molecular complexity index is 771. The van der Waals surface area contributed by atoms with Gasteiger partial charge in [-0.3, -0.25) is 9.36 Å². The highest BCUT2D eigenvalue weighted by Gasteiger charge is 2.24. The van der Waals surface area contributed by atoms with Crippen LogP contribution in [0.1, 0.15) is 44.5 Å². The van der Waals surface area contributed by atoms with Crippen LogP contribution in [0.4, 0.5) is 4.39 Å². The molecule has 1 atom stereocenters. The van der Waals surface area contributed by atoms with Crippen molar-refractivity contribution in [2.24, 2.45) is 0 Å². The number of thioether (sulfide) groups is 1. The molecule has 1 aromatic carbocycles. The normalized spacial score (nSPS) is 16.0. The van der Waals surface area contributed by atoms with Gasteiger partial charge in [-0.1, -0.05) is 24.6 Å². The van der Waals surface area contributed by atoms with E-state index in [2.05, 4.69) is 36.5 Å². The minimum Gasteiger partial charge on any atom is -0.353 e. The zero-order chi connectivity index (χ0) is 19.4. The second-order valence-corrected chi connectivity index (χ2v) is 8.23. The number of amides is 1. The molecule has 0 bridgehead atoms. The summed E-state index contributed by atoms with van der Waals surface area (Å²) in [5.41, 5.74) is 0.795. The van der Waals surface area contributed by atoms with Gasteiger partial charge in [0, 0.05) is 11.7 Å². The molecule has 1 aromatic heterocycles. The quantitative estimate of drug-likeness (QED) is 0.705. The van der Waals surface area contributed by atoms with Gasteiger partial charge in [-0.15, -0.1) is 10.2 Å². The van der Waals surface area contributed by atoms with E-state index in [0.717, 1.165) is 24.4 Å². The fraction of sp³-hybridized carbons (Fsp3) is 0.526. The largest absolute Gasteiger partial charge is 0.353 e. The van der Waals surface area contributed by atoms with Crippen LogP contribution < -0.4 is 10.2 Å². The first kappa shape index (κ1) is 19.8. The Morgan fingerprint density at radius 2 is 1.96 bits per heavy atom. The number of carbonyl (C=O) groups is 1. The second-order valence-electron chi connectivity index (χ2n) is 7.29. The minimum atomic E-state index is -0.287. The molecule has 3 rings (SSSR count). The van der Waals surface area contributed by atoms with Crippen molar-refractivity contribution < 1.29 is 14.1 Å². The van der Waals surface area contributed by atoms with Crippen molar-refractivity contribution in [3.05, 3.63) is 35.9 Å². The summed E-state index contributed by atoms with van der Waals surface area (Å²) in [4.78, 5) is 13.5. The van der Waals surface area contributed by atoms with Gasteiger partial charge in [0.1, 0.15) is 11.9 Å². The molecule has 2 N–H and O–H groups in total. The van der Waals surface area contributed by atoms with Gasteiger partial charge in [0.15, 0.2) is 11.0 Å². The number of hydrogen-bond donors (Lipinski definition) is 2. The number of hydrogen-bond acceptors (Lipinski definition) is 4. The summed E-state index contributed by atoms with van der Waals surface area (Å²) >= 11 is 1.36. The third kappa shape index (κ3) is 4.87. The average molecular weight is 393 g/mol. The lowest BCUT2D eigenvalue weighted by atomic mass is 10.2. The van der Waals surface area contributed by atoms with Gasteiger partial charge in [-0.25, -0.2) is 4.39 Å². The van der Waals surface area contributed by atoms with Gasteiger partial charge in [0.25, 0.3) is 0 Å². The van der Waals surface area contributed by atoms with Crippen molar-refractivity contribution in [1.82, 2.24) is 20.1 Å². The van der Waals surface area contributed by atoms with E-state index in [1.165, 1.54) is 41.6 Å². The fourth-order valence-electron chi connectivity index (χ4n) is 3.22. The van der Waals surface area contributed by atoms with Crippen LogP contribution in [0, 0.1) is 5.82 Å². The van der Waals surface area contributed by atoms with E-state index in [0.29, 0.717) is 17.0 Å². The summed E-state index contributed by atoms with van der Waals surface area (Å²) in [6.45, 7) is 2.07. The lowest BCUT2D eigenvalue weighted by Crippen LogP contribution is -3.05. The molecule has 0 radical (unpaired) electrons. The molecule has 27 heavy (non-hydrogen) atoms. The molecule has 8 heteroatoms. The number of nitrogens with one attached hydrogen (secondary N) is 2. The first-order valence-corrected chi connectivity index (χ1v) is 10.4. The van der Waals surface area contributed by atoms with Crippen LogP contribution in [0.2, 0.25) is 0 Å². The predicted octanol–water partition coefficient (Wildman–Crippen LogP) is 1.76. The number of carbonyl (C=O) groups excluding carboxylic acids is 1. The number of benzene rings is 1. The summed E-state index contributed by atoms with van der Waals surface area (Å²) < 4.78 is 15.3. The number of quaternary nitrogens is 1. The molecule has 0 aliphatic heterocycles. The van der Waals surface area contributed by atoms with Gasteiger partial charge in [-0.05, 0) is 44.0 Å². The number of aromatic nitrogens is 3. The molecule has 1 saturated carbocycles. The zero-order valence-electron chi connectivity index (χ0n) is 16.0. The van der Waals surface area contributed by atoms with E-state index < -0.39 is 0 Å². The first-order valence-electron chi connectivity index (χ1n) is 9.39. The number of halogens is 1. The first-order chi connectivity index (χ1) is 13.0. The van der Waals surface area contributed by atoms with E-state index in [1.807, 2.05) is 4.57 Å².